The van der Waals surface area contributed by atoms with E-state index in [1.165, 1.54) is 0 Å². The quantitative estimate of drug-likeness (QED) is 0.698. The van der Waals surface area contributed by atoms with Crippen LogP contribution in [-0.4, -0.2) is 42.8 Å². The van der Waals surface area contributed by atoms with Crippen LogP contribution in [0.3, 0.4) is 0 Å². The number of nitrogens with one attached hydrogen (secondary N) is 1. The molecule has 14 heavy (non-hydrogen) atoms. The SMILES string of the molecule is CC[C@H](CO)NC1COC(C)(C)OC1. The summed E-state index contributed by atoms with van der Waals surface area (Å²) in [5.74, 6) is -0.459. The molecule has 1 fully saturated rings. The summed E-state index contributed by atoms with van der Waals surface area (Å²) < 4.78 is 11.0. The average Bonchev–Trinajstić information content (AvgIpc) is 2.16. The van der Waals surface area contributed by atoms with E-state index in [4.69, 9.17) is 14.6 Å². The fraction of sp³-hybridized carbons (Fsp3) is 1.00. The molecule has 0 aliphatic carbocycles. The molecule has 4 heteroatoms. The monoisotopic (exact) mass is 203 g/mol. The van der Waals surface area contributed by atoms with E-state index in [0.29, 0.717) is 13.2 Å². The van der Waals surface area contributed by atoms with Gasteiger partial charge in [0.1, 0.15) is 0 Å². The Hall–Kier alpha value is -0.160. The molecule has 1 saturated heterocycles. The minimum absolute atomic E-state index is 0.147. The maximum atomic E-state index is 9.02. The number of rotatable bonds is 4. The predicted octanol–water partition coefficient (Wildman–Crippen LogP) is 0.498. The molecule has 4 nitrogen and oxygen atoms in total. The lowest BCUT2D eigenvalue weighted by Gasteiger charge is -2.36. The standard InChI is InChI=1S/C10H21NO3/c1-4-8(5-12)11-9-6-13-10(2,3)14-7-9/h8-9,11-12H,4-7H2,1-3H3/t8-/m1/s1. The summed E-state index contributed by atoms with van der Waals surface area (Å²) in [5, 5.41) is 12.3. The van der Waals surface area contributed by atoms with Gasteiger partial charge in [0, 0.05) is 6.04 Å². The van der Waals surface area contributed by atoms with E-state index >= 15 is 0 Å². The predicted molar refractivity (Wildman–Crippen MR) is 54.1 cm³/mol. The summed E-state index contributed by atoms with van der Waals surface area (Å²) in [5.41, 5.74) is 0. The van der Waals surface area contributed by atoms with Crippen LogP contribution in [0, 0.1) is 0 Å². The maximum Gasteiger partial charge on any atom is 0.162 e. The van der Waals surface area contributed by atoms with Crippen molar-refractivity contribution in [1.29, 1.82) is 0 Å². The third-order valence-corrected chi connectivity index (χ3v) is 2.45. The fourth-order valence-corrected chi connectivity index (χ4v) is 1.42. The second-order valence-electron chi connectivity index (χ2n) is 4.17. The number of hydrogen-bond donors (Lipinski definition) is 2. The summed E-state index contributed by atoms with van der Waals surface area (Å²) in [6.07, 6.45) is 0.913. The zero-order valence-corrected chi connectivity index (χ0v) is 9.25. The Labute approximate surface area is 85.6 Å². The Morgan fingerprint density at radius 2 is 2.00 bits per heavy atom. The molecule has 1 aliphatic rings. The third kappa shape index (κ3) is 3.53. The molecule has 0 aromatic rings. The van der Waals surface area contributed by atoms with Crippen molar-refractivity contribution in [3.05, 3.63) is 0 Å². The average molecular weight is 203 g/mol. The number of ether oxygens (including phenoxy) is 2. The van der Waals surface area contributed by atoms with Gasteiger partial charge in [-0.2, -0.15) is 0 Å². The van der Waals surface area contributed by atoms with Crippen molar-refractivity contribution in [1.82, 2.24) is 5.32 Å². The molecule has 0 bridgehead atoms. The van der Waals surface area contributed by atoms with Crippen LogP contribution in [0.25, 0.3) is 0 Å². The lowest BCUT2D eigenvalue weighted by molar-refractivity contribution is -0.253. The smallest absolute Gasteiger partial charge is 0.162 e. The van der Waals surface area contributed by atoms with E-state index < -0.39 is 5.79 Å². The molecule has 1 heterocycles. The van der Waals surface area contributed by atoms with Gasteiger partial charge in [-0.3, -0.25) is 0 Å². The summed E-state index contributed by atoms with van der Waals surface area (Å²) >= 11 is 0. The third-order valence-electron chi connectivity index (χ3n) is 2.45. The van der Waals surface area contributed by atoms with Crippen LogP contribution in [0.15, 0.2) is 0 Å². The fourth-order valence-electron chi connectivity index (χ4n) is 1.42. The highest BCUT2D eigenvalue weighted by Crippen LogP contribution is 2.17. The number of aliphatic hydroxyl groups excluding tert-OH is 1. The van der Waals surface area contributed by atoms with E-state index in [1.54, 1.807) is 0 Å². The van der Waals surface area contributed by atoms with Crippen LogP contribution >= 0.6 is 0 Å². The zero-order valence-electron chi connectivity index (χ0n) is 9.25. The summed E-state index contributed by atoms with van der Waals surface area (Å²) in [7, 11) is 0. The maximum absolute atomic E-state index is 9.02. The Morgan fingerprint density at radius 3 is 2.43 bits per heavy atom. The van der Waals surface area contributed by atoms with E-state index in [-0.39, 0.29) is 18.7 Å². The normalized spacial score (nSPS) is 24.9. The van der Waals surface area contributed by atoms with E-state index in [0.717, 1.165) is 6.42 Å². The highest BCUT2D eigenvalue weighted by Gasteiger charge is 2.28. The van der Waals surface area contributed by atoms with Crippen molar-refractivity contribution in [2.45, 2.75) is 45.1 Å². The molecule has 0 aromatic carbocycles. The Kier molecular flexibility index (Phi) is 4.31. The second-order valence-corrected chi connectivity index (χ2v) is 4.17. The topological polar surface area (TPSA) is 50.7 Å². The molecule has 0 spiro atoms. The van der Waals surface area contributed by atoms with Gasteiger partial charge in [-0.25, -0.2) is 0 Å². The number of hydrogen-bond acceptors (Lipinski definition) is 4. The van der Waals surface area contributed by atoms with Crippen LogP contribution < -0.4 is 5.32 Å². The van der Waals surface area contributed by atoms with Crippen molar-refractivity contribution in [3.8, 4) is 0 Å². The van der Waals surface area contributed by atoms with Gasteiger partial charge >= 0.3 is 0 Å². The zero-order chi connectivity index (χ0) is 10.6. The van der Waals surface area contributed by atoms with Crippen LogP contribution in [-0.2, 0) is 9.47 Å². The van der Waals surface area contributed by atoms with Gasteiger partial charge in [-0.15, -0.1) is 0 Å². The number of aliphatic hydroxyl groups is 1. The first-order valence-corrected chi connectivity index (χ1v) is 5.22. The van der Waals surface area contributed by atoms with E-state index in [9.17, 15) is 0 Å². The molecular weight excluding hydrogens is 182 g/mol. The lowest BCUT2D eigenvalue weighted by Crippen LogP contribution is -2.52. The molecule has 2 N–H and O–H groups in total. The molecule has 0 unspecified atom stereocenters. The van der Waals surface area contributed by atoms with Crippen molar-refractivity contribution >= 4 is 0 Å². The van der Waals surface area contributed by atoms with Gasteiger partial charge in [-0.1, -0.05) is 6.92 Å². The van der Waals surface area contributed by atoms with Crippen LogP contribution in [0.4, 0.5) is 0 Å². The van der Waals surface area contributed by atoms with Gasteiger partial charge in [0.15, 0.2) is 5.79 Å². The minimum Gasteiger partial charge on any atom is -0.395 e. The first-order valence-electron chi connectivity index (χ1n) is 5.22. The van der Waals surface area contributed by atoms with E-state index in [1.807, 2.05) is 20.8 Å². The van der Waals surface area contributed by atoms with Gasteiger partial charge in [-0.05, 0) is 20.3 Å². The lowest BCUT2D eigenvalue weighted by atomic mass is 10.2. The first kappa shape index (κ1) is 11.9. The molecule has 0 saturated carbocycles. The molecule has 84 valence electrons. The molecule has 1 rings (SSSR count). The first-order chi connectivity index (χ1) is 6.57. The van der Waals surface area contributed by atoms with Crippen molar-refractivity contribution < 1.29 is 14.6 Å². The largest absolute Gasteiger partial charge is 0.395 e. The summed E-state index contributed by atoms with van der Waals surface area (Å²) in [6, 6.07) is 0.341. The van der Waals surface area contributed by atoms with Crippen LogP contribution in [0.1, 0.15) is 27.2 Å². The van der Waals surface area contributed by atoms with Gasteiger partial charge in [0.05, 0.1) is 25.9 Å². The molecule has 1 aliphatic heterocycles. The van der Waals surface area contributed by atoms with Crippen LogP contribution in [0.2, 0.25) is 0 Å². The van der Waals surface area contributed by atoms with Gasteiger partial charge in [0.2, 0.25) is 0 Å². The molecule has 0 aromatic heterocycles. The molecule has 0 amide bonds. The summed E-state index contributed by atoms with van der Waals surface area (Å²) in [4.78, 5) is 0. The van der Waals surface area contributed by atoms with Crippen molar-refractivity contribution in [3.63, 3.8) is 0 Å². The van der Waals surface area contributed by atoms with E-state index in [2.05, 4.69) is 5.32 Å². The molecule has 1 atom stereocenters. The van der Waals surface area contributed by atoms with Gasteiger partial charge in [0.25, 0.3) is 0 Å². The molecular formula is C10H21NO3. The summed E-state index contributed by atoms with van der Waals surface area (Å²) in [6.45, 7) is 7.31. The minimum atomic E-state index is -0.459. The molecule has 0 radical (unpaired) electrons. The van der Waals surface area contributed by atoms with Crippen molar-refractivity contribution in [2.75, 3.05) is 19.8 Å². The highest BCUT2D eigenvalue weighted by molar-refractivity contribution is 4.77. The van der Waals surface area contributed by atoms with Crippen molar-refractivity contribution in [2.24, 2.45) is 0 Å². The Morgan fingerprint density at radius 1 is 1.43 bits per heavy atom. The Balaban J connectivity index is 2.28. The van der Waals surface area contributed by atoms with Crippen LogP contribution in [0.5, 0.6) is 0 Å². The van der Waals surface area contributed by atoms with Gasteiger partial charge < -0.3 is 19.9 Å². The highest BCUT2D eigenvalue weighted by atomic mass is 16.7. The second kappa shape index (κ2) is 5.07. The Bertz CT molecular complexity index is 159.